The predicted octanol–water partition coefficient (Wildman–Crippen LogP) is 4.08. The number of thiophene rings is 1. The molecule has 0 aliphatic carbocycles. The molecule has 2 rings (SSSR count). The van der Waals surface area contributed by atoms with Crippen LogP contribution in [0.4, 0.5) is 0 Å². The van der Waals surface area contributed by atoms with Crippen molar-refractivity contribution in [3.05, 3.63) is 50.1 Å². The normalized spacial score (nSPS) is 11.3. The molecule has 0 saturated heterocycles. The SMILES string of the molecule is C/C(=N/NC(=O)COc1cccc(Br)c1)c1ccc(Cl)s1. The molecule has 21 heavy (non-hydrogen) atoms. The van der Waals surface area contributed by atoms with E-state index in [1.54, 1.807) is 25.1 Å². The standard InChI is InChI=1S/C14H12BrClN2O2S/c1-9(12-5-6-13(16)21-12)17-18-14(19)8-20-11-4-2-3-10(15)7-11/h2-7H,8H2,1H3,(H,18,19)/b17-9-. The lowest BCUT2D eigenvalue weighted by atomic mass is 10.3. The van der Waals surface area contributed by atoms with Crippen LogP contribution in [-0.4, -0.2) is 18.2 Å². The lowest BCUT2D eigenvalue weighted by molar-refractivity contribution is -0.123. The maximum absolute atomic E-state index is 11.7. The molecule has 0 unspecified atom stereocenters. The highest BCUT2D eigenvalue weighted by Gasteiger charge is 2.05. The molecule has 0 radical (unpaired) electrons. The summed E-state index contributed by atoms with van der Waals surface area (Å²) in [5, 5.41) is 4.02. The van der Waals surface area contributed by atoms with E-state index in [1.807, 2.05) is 18.2 Å². The van der Waals surface area contributed by atoms with Crippen LogP contribution in [-0.2, 0) is 4.79 Å². The van der Waals surface area contributed by atoms with Crippen LogP contribution in [0.2, 0.25) is 4.34 Å². The van der Waals surface area contributed by atoms with Crippen LogP contribution >= 0.6 is 38.9 Å². The summed E-state index contributed by atoms with van der Waals surface area (Å²) in [4.78, 5) is 12.6. The van der Waals surface area contributed by atoms with Crippen molar-refractivity contribution in [1.82, 2.24) is 5.43 Å². The molecular formula is C14H12BrClN2O2S. The van der Waals surface area contributed by atoms with E-state index < -0.39 is 0 Å². The Morgan fingerprint density at radius 1 is 1.43 bits per heavy atom. The molecule has 1 heterocycles. The van der Waals surface area contributed by atoms with Gasteiger partial charge in [-0.25, -0.2) is 5.43 Å². The first kappa shape index (κ1) is 16.0. The van der Waals surface area contributed by atoms with Crippen LogP contribution in [0.1, 0.15) is 11.8 Å². The van der Waals surface area contributed by atoms with Gasteiger partial charge in [0.15, 0.2) is 6.61 Å². The topological polar surface area (TPSA) is 50.7 Å². The van der Waals surface area contributed by atoms with Crippen LogP contribution in [0.25, 0.3) is 0 Å². The van der Waals surface area contributed by atoms with Crippen LogP contribution in [0.5, 0.6) is 5.75 Å². The fourth-order valence-electron chi connectivity index (χ4n) is 1.45. The average Bonchev–Trinajstić information content (AvgIpc) is 2.89. The second-order valence-corrected chi connectivity index (χ2v) is 6.71. The van der Waals surface area contributed by atoms with E-state index in [-0.39, 0.29) is 12.5 Å². The first-order valence-corrected chi connectivity index (χ1v) is 8.00. The second-order valence-electron chi connectivity index (χ2n) is 4.08. The van der Waals surface area contributed by atoms with E-state index in [0.717, 1.165) is 9.35 Å². The number of nitrogens with one attached hydrogen (secondary N) is 1. The van der Waals surface area contributed by atoms with Gasteiger partial charge < -0.3 is 4.74 Å². The number of hydrazone groups is 1. The Balaban J connectivity index is 1.84. The number of amides is 1. The van der Waals surface area contributed by atoms with Crippen molar-refractivity contribution in [2.24, 2.45) is 5.10 Å². The molecule has 110 valence electrons. The molecule has 0 spiro atoms. The monoisotopic (exact) mass is 386 g/mol. The van der Waals surface area contributed by atoms with Gasteiger partial charge in [0, 0.05) is 4.47 Å². The molecule has 0 atom stereocenters. The lowest BCUT2D eigenvalue weighted by Crippen LogP contribution is -2.25. The van der Waals surface area contributed by atoms with Crippen molar-refractivity contribution in [2.45, 2.75) is 6.92 Å². The first-order chi connectivity index (χ1) is 10.0. The summed E-state index contributed by atoms with van der Waals surface area (Å²) in [6, 6.07) is 10.9. The van der Waals surface area contributed by atoms with Gasteiger partial charge in [0.25, 0.3) is 5.91 Å². The molecule has 1 amide bonds. The van der Waals surface area contributed by atoms with Crippen LogP contribution < -0.4 is 10.2 Å². The third-order valence-corrected chi connectivity index (χ3v) is 4.28. The lowest BCUT2D eigenvalue weighted by Gasteiger charge is -2.05. The number of rotatable bonds is 5. The maximum atomic E-state index is 11.7. The molecule has 7 heteroatoms. The summed E-state index contributed by atoms with van der Waals surface area (Å²) < 4.78 is 6.94. The van der Waals surface area contributed by atoms with Gasteiger partial charge in [-0.05, 0) is 37.3 Å². The minimum Gasteiger partial charge on any atom is -0.484 e. The van der Waals surface area contributed by atoms with Gasteiger partial charge in [0.1, 0.15) is 5.75 Å². The van der Waals surface area contributed by atoms with E-state index >= 15 is 0 Å². The Kier molecular flexibility index (Phi) is 5.78. The zero-order valence-corrected chi connectivity index (χ0v) is 14.3. The van der Waals surface area contributed by atoms with Crippen molar-refractivity contribution >= 4 is 50.5 Å². The Hall–Kier alpha value is -1.37. The zero-order valence-electron chi connectivity index (χ0n) is 11.1. The smallest absolute Gasteiger partial charge is 0.277 e. The summed E-state index contributed by atoms with van der Waals surface area (Å²) in [5.74, 6) is 0.294. The average molecular weight is 388 g/mol. The molecular weight excluding hydrogens is 376 g/mol. The molecule has 2 aromatic rings. The number of halogens is 2. The van der Waals surface area contributed by atoms with Gasteiger partial charge in [0.05, 0.1) is 14.9 Å². The van der Waals surface area contributed by atoms with Crippen LogP contribution in [0.15, 0.2) is 46.0 Å². The molecule has 0 aliphatic heterocycles. The van der Waals surface area contributed by atoms with Gasteiger partial charge in [-0.15, -0.1) is 11.3 Å². The van der Waals surface area contributed by atoms with E-state index in [2.05, 4.69) is 26.5 Å². The second kappa shape index (κ2) is 7.59. The third-order valence-electron chi connectivity index (χ3n) is 2.44. The zero-order chi connectivity index (χ0) is 15.2. The fourth-order valence-corrected chi connectivity index (χ4v) is 2.81. The molecule has 0 bridgehead atoms. The molecule has 1 N–H and O–H groups in total. The number of benzene rings is 1. The number of carbonyl (C=O) groups excluding carboxylic acids is 1. The summed E-state index contributed by atoms with van der Waals surface area (Å²) in [5.41, 5.74) is 3.15. The predicted molar refractivity (Wildman–Crippen MR) is 89.3 cm³/mol. The van der Waals surface area contributed by atoms with E-state index in [4.69, 9.17) is 16.3 Å². The summed E-state index contributed by atoms with van der Waals surface area (Å²) in [6.45, 7) is 1.70. The summed E-state index contributed by atoms with van der Waals surface area (Å²) in [7, 11) is 0. The summed E-state index contributed by atoms with van der Waals surface area (Å²) in [6.07, 6.45) is 0. The number of hydrogen-bond donors (Lipinski definition) is 1. The van der Waals surface area contributed by atoms with E-state index in [1.165, 1.54) is 11.3 Å². The Bertz CT molecular complexity index is 672. The van der Waals surface area contributed by atoms with Crippen LogP contribution in [0.3, 0.4) is 0 Å². The molecule has 0 aliphatic rings. The minimum absolute atomic E-state index is 0.0988. The van der Waals surface area contributed by atoms with Crippen molar-refractivity contribution in [3.8, 4) is 5.75 Å². The highest BCUT2D eigenvalue weighted by Crippen LogP contribution is 2.21. The number of nitrogens with zero attached hydrogens (tertiary/aromatic N) is 1. The van der Waals surface area contributed by atoms with Gasteiger partial charge in [-0.2, -0.15) is 5.10 Å². The third kappa shape index (κ3) is 5.15. The van der Waals surface area contributed by atoms with Gasteiger partial charge in [0.2, 0.25) is 0 Å². The largest absolute Gasteiger partial charge is 0.484 e. The molecule has 1 aromatic carbocycles. The van der Waals surface area contributed by atoms with Gasteiger partial charge in [-0.3, -0.25) is 4.79 Å². The highest BCUT2D eigenvalue weighted by molar-refractivity contribution is 9.10. The van der Waals surface area contributed by atoms with E-state index in [9.17, 15) is 4.79 Å². The molecule has 0 saturated carbocycles. The van der Waals surface area contributed by atoms with Crippen molar-refractivity contribution in [3.63, 3.8) is 0 Å². The van der Waals surface area contributed by atoms with E-state index in [0.29, 0.717) is 15.8 Å². The number of hydrogen-bond acceptors (Lipinski definition) is 4. The van der Waals surface area contributed by atoms with Crippen molar-refractivity contribution < 1.29 is 9.53 Å². The Morgan fingerprint density at radius 3 is 2.90 bits per heavy atom. The Labute approximate surface area is 139 Å². The van der Waals surface area contributed by atoms with Gasteiger partial charge in [-0.1, -0.05) is 33.6 Å². The van der Waals surface area contributed by atoms with Gasteiger partial charge >= 0.3 is 0 Å². The molecule has 0 fully saturated rings. The molecule has 1 aromatic heterocycles. The quantitative estimate of drug-likeness (QED) is 0.621. The highest BCUT2D eigenvalue weighted by atomic mass is 79.9. The maximum Gasteiger partial charge on any atom is 0.277 e. The summed E-state index contributed by atoms with van der Waals surface area (Å²) >= 11 is 10.6. The number of carbonyl (C=O) groups is 1. The fraction of sp³-hybridized carbons (Fsp3) is 0.143. The number of ether oxygens (including phenoxy) is 1. The first-order valence-electron chi connectivity index (χ1n) is 6.02. The molecule has 4 nitrogen and oxygen atoms in total. The van der Waals surface area contributed by atoms with Crippen molar-refractivity contribution in [2.75, 3.05) is 6.61 Å². The van der Waals surface area contributed by atoms with Crippen LogP contribution in [0, 0.1) is 0 Å². The minimum atomic E-state index is -0.322. The Morgan fingerprint density at radius 2 is 2.24 bits per heavy atom. The van der Waals surface area contributed by atoms with Crippen molar-refractivity contribution in [1.29, 1.82) is 0 Å².